The number of amides is 1. The molecule has 6 heteroatoms. The molecule has 1 unspecified atom stereocenters. The fourth-order valence-corrected chi connectivity index (χ4v) is 2.84. The van der Waals surface area contributed by atoms with Crippen molar-refractivity contribution >= 4 is 17.2 Å². The van der Waals surface area contributed by atoms with Crippen LogP contribution in [0.2, 0.25) is 0 Å². The Hall–Kier alpha value is -1.66. The Kier molecular flexibility index (Phi) is 5.31. The molecule has 108 valence electrons. The Balaban J connectivity index is 2.02. The fraction of sp³-hybridized carbons (Fsp3) is 0.429. The molecule has 0 bridgehead atoms. The van der Waals surface area contributed by atoms with E-state index in [1.807, 2.05) is 30.8 Å². The Morgan fingerprint density at radius 1 is 1.55 bits per heavy atom. The van der Waals surface area contributed by atoms with E-state index in [0.29, 0.717) is 19.5 Å². The van der Waals surface area contributed by atoms with Crippen LogP contribution in [0.25, 0.3) is 0 Å². The number of aromatic nitrogens is 2. The summed E-state index contributed by atoms with van der Waals surface area (Å²) in [6, 6.07) is 4.15. The van der Waals surface area contributed by atoms with Gasteiger partial charge in [-0.25, -0.2) is 4.98 Å². The Morgan fingerprint density at radius 2 is 2.40 bits per heavy atom. The van der Waals surface area contributed by atoms with Gasteiger partial charge in [0.05, 0.1) is 0 Å². The van der Waals surface area contributed by atoms with E-state index in [0.717, 1.165) is 5.82 Å². The normalized spacial score (nSPS) is 12.3. The van der Waals surface area contributed by atoms with Crippen LogP contribution in [-0.2, 0) is 11.8 Å². The van der Waals surface area contributed by atoms with Gasteiger partial charge in [-0.05, 0) is 18.4 Å². The third-order valence-electron chi connectivity index (χ3n) is 3.02. The number of hydrogen-bond acceptors (Lipinski definition) is 4. The minimum Gasteiger partial charge on any atom is -0.356 e. The van der Waals surface area contributed by atoms with Crippen molar-refractivity contribution < 1.29 is 4.79 Å². The second kappa shape index (κ2) is 7.21. The maximum Gasteiger partial charge on any atom is 0.221 e. The van der Waals surface area contributed by atoms with Gasteiger partial charge in [-0.1, -0.05) is 6.07 Å². The Bertz CT molecular complexity index is 535. The van der Waals surface area contributed by atoms with Gasteiger partial charge in [-0.2, -0.15) is 0 Å². The molecule has 0 radical (unpaired) electrons. The number of carbonyl (C=O) groups is 1. The molecule has 2 rings (SSSR count). The zero-order valence-corrected chi connectivity index (χ0v) is 12.6. The first-order chi connectivity index (χ1) is 9.72. The van der Waals surface area contributed by atoms with Gasteiger partial charge in [0.2, 0.25) is 5.91 Å². The minimum atomic E-state index is 0.0319. The fourth-order valence-electron chi connectivity index (χ4n) is 2.05. The lowest BCUT2D eigenvalue weighted by Gasteiger charge is -2.17. The van der Waals surface area contributed by atoms with Crippen LogP contribution in [0.1, 0.15) is 30.1 Å². The van der Waals surface area contributed by atoms with Crippen molar-refractivity contribution in [2.24, 2.45) is 7.05 Å². The van der Waals surface area contributed by atoms with Crippen LogP contribution in [0, 0.1) is 0 Å². The van der Waals surface area contributed by atoms with Crippen LogP contribution in [0.15, 0.2) is 29.9 Å². The first-order valence-electron chi connectivity index (χ1n) is 6.73. The van der Waals surface area contributed by atoms with Gasteiger partial charge in [-0.3, -0.25) is 4.79 Å². The number of thiophene rings is 1. The molecule has 1 atom stereocenters. The summed E-state index contributed by atoms with van der Waals surface area (Å²) in [5, 5.41) is 8.28. The van der Waals surface area contributed by atoms with E-state index in [9.17, 15) is 4.79 Å². The smallest absolute Gasteiger partial charge is 0.221 e. The molecule has 0 aliphatic rings. The first kappa shape index (κ1) is 14.7. The number of aryl methyl sites for hydroxylation is 1. The molecule has 0 saturated carbocycles. The number of imidazole rings is 1. The summed E-state index contributed by atoms with van der Waals surface area (Å²) in [5.41, 5.74) is 0. The maximum absolute atomic E-state index is 11.5. The number of hydrogen-bond donors (Lipinski definition) is 2. The molecule has 0 aromatic carbocycles. The zero-order valence-electron chi connectivity index (χ0n) is 11.8. The average molecular weight is 292 g/mol. The van der Waals surface area contributed by atoms with Crippen molar-refractivity contribution in [1.82, 2.24) is 20.2 Å². The first-order valence-corrected chi connectivity index (χ1v) is 7.61. The molecule has 2 aromatic rings. The summed E-state index contributed by atoms with van der Waals surface area (Å²) in [6.45, 7) is 3.22. The van der Waals surface area contributed by atoms with Gasteiger partial charge in [0.1, 0.15) is 11.9 Å². The highest BCUT2D eigenvalue weighted by molar-refractivity contribution is 7.10. The SMILES string of the molecule is CCNC(=O)CCNC(c1cccs1)c1nccn1C. The van der Waals surface area contributed by atoms with Crippen molar-refractivity contribution in [1.29, 1.82) is 0 Å². The molecular weight excluding hydrogens is 272 g/mol. The van der Waals surface area contributed by atoms with Gasteiger partial charge in [-0.15, -0.1) is 11.3 Å². The molecule has 0 aliphatic heterocycles. The van der Waals surface area contributed by atoms with E-state index in [-0.39, 0.29) is 11.9 Å². The monoisotopic (exact) mass is 292 g/mol. The van der Waals surface area contributed by atoms with Crippen LogP contribution in [0.5, 0.6) is 0 Å². The van der Waals surface area contributed by atoms with E-state index in [1.54, 1.807) is 17.5 Å². The van der Waals surface area contributed by atoms with Gasteiger partial charge in [0.15, 0.2) is 0 Å². The predicted molar refractivity (Wildman–Crippen MR) is 80.7 cm³/mol. The van der Waals surface area contributed by atoms with Crippen LogP contribution < -0.4 is 10.6 Å². The van der Waals surface area contributed by atoms with Crippen molar-refractivity contribution in [2.75, 3.05) is 13.1 Å². The molecule has 2 N–H and O–H groups in total. The molecule has 0 aliphatic carbocycles. The molecule has 20 heavy (non-hydrogen) atoms. The minimum absolute atomic E-state index is 0.0319. The number of carbonyl (C=O) groups excluding carboxylic acids is 1. The van der Waals surface area contributed by atoms with E-state index in [2.05, 4.69) is 27.1 Å². The molecule has 1 amide bonds. The van der Waals surface area contributed by atoms with Crippen molar-refractivity contribution in [2.45, 2.75) is 19.4 Å². The van der Waals surface area contributed by atoms with Gasteiger partial charge >= 0.3 is 0 Å². The number of nitrogens with one attached hydrogen (secondary N) is 2. The summed E-state index contributed by atoms with van der Waals surface area (Å²) in [6.07, 6.45) is 4.20. The van der Waals surface area contributed by atoms with E-state index in [1.165, 1.54) is 4.88 Å². The number of rotatable bonds is 7. The quantitative estimate of drug-likeness (QED) is 0.816. The standard InChI is InChI=1S/C14H20N4OS/c1-3-15-12(19)6-7-16-13(11-5-4-10-20-11)14-17-8-9-18(14)2/h4-5,8-10,13,16H,3,6-7H2,1-2H3,(H,15,19). The maximum atomic E-state index is 11.5. The predicted octanol–water partition coefficient (Wildman–Crippen LogP) is 1.69. The molecule has 0 saturated heterocycles. The van der Waals surface area contributed by atoms with E-state index in [4.69, 9.17) is 0 Å². The van der Waals surface area contributed by atoms with Crippen LogP contribution >= 0.6 is 11.3 Å². The lowest BCUT2D eigenvalue weighted by Crippen LogP contribution is -2.30. The highest BCUT2D eigenvalue weighted by Crippen LogP contribution is 2.24. The molecular formula is C14H20N4OS. The Morgan fingerprint density at radius 3 is 3.00 bits per heavy atom. The van der Waals surface area contributed by atoms with E-state index >= 15 is 0 Å². The summed E-state index contributed by atoms with van der Waals surface area (Å²) in [4.78, 5) is 17.1. The summed E-state index contributed by atoms with van der Waals surface area (Å²) in [5.74, 6) is 1.04. The largest absolute Gasteiger partial charge is 0.356 e. The highest BCUT2D eigenvalue weighted by atomic mass is 32.1. The van der Waals surface area contributed by atoms with Crippen molar-refractivity contribution in [3.63, 3.8) is 0 Å². The molecule has 2 heterocycles. The summed E-state index contributed by atoms with van der Waals surface area (Å²) >= 11 is 1.69. The van der Waals surface area contributed by atoms with E-state index < -0.39 is 0 Å². The molecule has 5 nitrogen and oxygen atoms in total. The van der Waals surface area contributed by atoms with Crippen LogP contribution in [0.3, 0.4) is 0 Å². The van der Waals surface area contributed by atoms with Crippen LogP contribution in [-0.4, -0.2) is 28.5 Å². The van der Waals surface area contributed by atoms with Crippen molar-refractivity contribution in [3.8, 4) is 0 Å². The second-order valence-electron chi connectivity index (χ2n) is 4.50. The zero-order chi connectivity index (χ0) is 14.4. The summed E-state index contributed by atoms with van der Waals surface area (Å²) < 4.78 is 2.00. The van der Waals surface area contributed by atoms with Crippen molar-refractivity contribution in [3.05, 3.63) is 40.6 Å². The second-order valence-corrected chi connectivity index (χ2v) is 5.48. The molecule has 0 fully saturated rings. The highest BCUT2D eigenvalue weighted by Gasteiger charge is 2.18. The van der Waals surface area contributed by atoms with Crippen LogP contribution in [0.4, 0.5) is 0 Å². The third kappa shape index (κ3) is 3.68. The lowest BCUT2D eigenvalue weighted by molar-refractivity contribution is -0.120. The van der Waals surface area contributed by atoms with Gasteiger partial charge < -0.3 is 15.2 Å². The Labute approximate surface area is 123 Å². The average Bonchev–Trinajstić information content (AvgIpc) is 3.07. The third-order valence-corrected chi connectivity index (χ3v) is 3.96. The van der Waals surface area contributed by atoms with Gasteiger partial charge in [0, 0.05) is 43.8 Å². The summed E-state index contributed by atoms with van der Waals surface area (Å²) in [7, 11) is 1.98. The topological polar surface area (TPSA) is 59.0 Å². The number of nitrogens with zero attached hydrogens (tertiary/aromatic N) is 2. The van der Waals surface area contributed by atoms with Gasteiger partial charge in [0.25, 0.3) is 0 Å². The molecule has 2 aromatic heterocycles. The molecule has 0 spiro atoms. The lowest BCUT2D eigenvalue weighted by atomic mass is 10.2.